The molecule has 13 heteroatoms. The summed E-state index contributed by atoms with van der Waals surface area (Å²) in [6.45, 7) is 6.11. The van der Waals surface area contributed by atoms with Gasteiger partial charge in [0.05, 0.1) is 0 Å². The Morgan fingerprint density at radius 3 is 2.27 bits per heavy atom. The van der Waals surface area contributed by atoms with Crippen LogP contribution in [0.2, 0.25) is 0 Å². The first kappa shape index (κ1) is 36.5. The number of hydrogen-bond acceptors (Lipinski definition) is 8. The van der Waals surface area contributed by atoms with E-state index in [2.05, 4.69) is 26.3 Å². The number of ether oxygens (including phenoxy) is 2. The highest BCUT2D eigenvalue weighted by Gasteiger charge is 2.30. The van der Waals surface area contributed by atoms with Gasteiger partial charge in [0.2, 0.25) is 24.5 Å². The van der Waals surface area contributed by atoms with Gasteiger partial charge in [0.25, 0.3) is 0 Å². The number of pyridine rings is 1. The molecule has 6 N–H and O–H groups in total. The van der Waals surface area contributed by atoms with Crippen LogP contribution in [-0.4, -0.2) is 66.7 Å². The van der Waals surface area contributed by atoms with E-state index in [1.807, 2.05) is 20.8 Å². The van der Waals surface area contributed by atoms with E-state index in [0.29, 0.717) is 31.6 Å². The fourth-order valence-electron chi connectivity index (χ4n) is 4.25. The maximum atomic E-state index is 13.5. The number of nitrogens with two attached hydrogens (primary N) is 1. The molecule has 0 saturated carbocycles. The molecule has 0 radical (unpaired) electrons. The average molecular weight is 627 g/mol. The minimum atomic E-state index is -0.927. The molecule has 1 aromatic heterocycles. The Kier molecular flexibility index (Phi) is 16.5. The molecule has 0 aliphatic carbocycles. The maximum Gasteiger partial charge on any atom is 0.359 e. The first-order valence-corrected chi connectivity index (χ1v) is 15.3. The van der Waals surface area contributed by atoms with Crippen molar-refractivity contribution in [1.82, 2.24) is 26.3 Å². The van der Waals surface area contributed by atoms with Crippen molar-refractivity contribution in [2.24, 2.45) is 11.7 Å². The number of nitrogens with zero attached hydrogens (tertiary/aromatic N) is 1. The van der Waals surface area contributed by atoms with Crippen LogP contribution >= 0.6 is 0 Å². The van der Waals surface area contributed by atoms with Gasteiger partial charge in [-0.25, -0.2) is 14.6 Å². The number of rotatable bonds is 20. The van der Waals surface area contributed by atoms with Gasteiger partial charge in [-0.1, -0.05) is 58.2 Å². The predicted molar refractivity (Wildman–Crippen MR) is 168 cm³/mol. The predicted octanol–water partition coefficient (Wildman–Crippen LogP) is 2.59. The Morgan fingerprint density at radius 2 is 1.62 bits per heavy atom. The van der Waals surface area contributed by atoms with Gasteiger partial charge in [-0.3, -0.25) is 14.4 Å². The lowest BCUT2D eigenvalue weighted by molar-refractivity contribution is -0.133. The van der Waals surface area contributed by atoms with Crippen molar-refractivity contribution in [1.29, 1.82) is 0 Å². The zero-order valence-corrected chi connectivity index (χ0v) is 26.3. The molecule has 13 nitrogen and oxygen atoms in total. The van der Waals surface area contributed by atoms with Crippen LogP contribution in [-0.2, 0) is 25.5 Å². The SMILES string of the molecule is CCCCCC(=O)NC(Cc1ccc(OCOC(=O)c2ccccn2)cc1)C(=O)NC(C(=O)NCCCNC(N)=O)C(C)CC. The third-order valence-corrected chi connectivity index (χ3v) is 7.06. The van der Waals surface area contributed by atoms with Crippen LogP contribution in [0.3, 0.4) is 0 Å². The van der Waals surface area contributed by atoms with Crippen molar-refractivity contribution >= 4 is 29.7 Å². The number of carbonyl (C=O) groups is 5. The first-order valence-electron chi connectivity index (χ1n) is 15.3. The van der Waals surface area contributed by atoms with Crippen molar-refractivity contribution < 1.29 is 33.4 Å². The van der Waals surface area contributed by atoms with Crippen LogP contribution in [0.25, 0.3) is 0 Å². The number of primary amides is 1. The molecule has 45 heavy (non-hydrogen) atoms. The molecule has 0 bridgehead atoms. The highest BCUT2D eigenvalue weighted by atomic mass is 16.7. The maximum absolute atomic E-state index is 13.5. The normalized spacial score (nSPS) is 12.6. The second kappa shape index (κ2) is 20.3. The number of carbonyl (C=O) groups excluding carboxylic acids is 5. The quantitative estimate of drug-likeness (QED) is 0.0841. The molecular formula is C32H46N6O7. The number of urea groups is 1. The smallest absolute Gasteiger partial charge is 0.359 e. The van der Waals surface area contributed by atoms with E-state index in [1.165, 1.54) is 12.3 Å². The molecule has 5 amide bonds. The van der Waals surface area contributed by atoms with Crippen molar-refractivity contribution in [3.63, 3.8) is 0 Å². The Morgan fingerprint density at radius 1 is 0.889 bits per heavy atom. The van der Waals surface area contributed by atoms with Crippen LogP contribution in [0.15, 0.2) is 48.7 Å². The molecule has 1 heterocycles. The van der Waals surface area contributed by atoms with Crippen molar-refractivity contribution in [2.75, 3.05) is 19.9 Å². The van der Waals surface area contributed by atoms with Crippen molar-refractivity contribution in [3.05, 3.63) is 59.9 Å². The van der Waals surface area contributed by atoms with Gasteiger partial charge in [-0.15, -0.1) is 0 Å². The van der Waals surface area contributed by atoms with E-state index < -0.39 is 30.0 Å². The largest absolute Gasteiger partial charge is 0.457 e. The van der Waals surface area contributed by atoms with Crippen LogP contribution in [0.4, 0.5) is 4.79 Å². The summed E-state index contributed by atoms with van der Waals surface area (Å²) in [6.07, 6.45) is 5.62. The van der Waals surface area contributed by atoms with Crippen LogP contribution in [0.1, 0.15) is 75.3 Å². The summed E-state index contributed by atoms with van der Waals surface area (Å²) in [6, 6.07) is 9.36. The van der Waals surface area contributed by atoms with Gasteiger partial charge >= 0.3 is 12.0 Å². The zero-order valence-electron chi connectivity index (χ0n) is 26.3. The summed E-state index contributed by atoms with van der Waals surface area (Å²) >= 11 is 0. The number of benzene rings is 1. The van der Waals surface area contributed by atoms with Gasteiger partial charge in [0, 0.05) is 32.1 Å². The summed E-state index contributed by atoms with van der Waals surface area (Å²) in [5.41, 5.74) is 5.98. The third-order valence-electron chi connectivity index (χ3n) is 7.06. The monoisotopic (exact) mass is 626 g/mol. The molecule has 2 aromatic rings. The molecule has 0 spiro atoms. The molecule has 246 valence electrons. The Bertz CT molecular complexity index is 1230. The van der Waals surface area contributed by atoms with Crippen LogP contribution in [0, 0.1) is 5.92 Å². The highest BCUT2D eigenvalue weighted by molar-refractivity contribution is 5.92. The summed E-state index contributed by atoms with van der Waals surface area (Å²) in [5, 5.41) is 11.0. The fourth-order valence-corrected chi connectivity index (χ4v) is 4.25. The molecule has 3 atom stereocenters. The van der Waals surface area contributed by atoms with Crippen molar-refractivity contribution in [3.8, 4) is 5.75 Å². The number of hydrogen-bond donors (Lipinski definition) is 5. The molecular weight excluding hydrogens is 580 g/mol. The van der Waals surface area contributed by atoms with Gasteiger partial charge < -0.3 is 36.5 Å². The Balaban J connectivity index is 2.05. The standard InChI is InChI=1S/C32H46N6O7/c1-4-6-7-12-27(39)37-26(29(40)38-28(22(3)5-2)30(41)35-18-10-19-36-32(33)43)20-23-13-15-24(16-14-23)44-21-45-31(42)25-11-8-9-17-34-25/h8-9,11,13-17,22,26,28H,4-7,10,12,18-21H2,1-3H3,(H,35,41)(H,37,39)(H,38,40)(H3,33,36,43). The molecule has 0 aliphatic heterocycles. The third kappa shape index (κ3) is 14.1. The molecule has 2 rings (SSSR count). The molecule has 3 unspecified atom stereocenters. The first-order chi connectivity index (χ1) is 21.6. The lowest BCUT2D eigenvalue weighted by Gasteiger charge is -2.26. The summed E-state index contributed by atoms with van der Waals surface area (Å²) in [5.74, 6) is -1.42. The summed E-state index contributed by atoms with van der Waals surface area (Å²) in [4.78, 5) is 66.1. The minimum Gasteiger partial charge on any atom is -0.457 e. The average Bonchev–Trinajstić information content (AvgIpc) is 3.03. The molecule has 0 aliphatic rings. The zero-order chi connectivity index (χ0) is 33.0. The van der Waals surface area contributed by atoms with Gasteiger partial charge in [0.15, 0.2) is 0 Å². The lowest BCUT2D eigenvalue weighted by Crippen LogP contribution is -2.56. The fraction of sp³-hybridized carbons (Fsp3) is 0.500. The van der Waals surface area contributed by atoms with E-state index in [0.717, 1.165) is 18.4 Å². The van der Waals surface area contributed by atoms with E-state index in [4.69, 9.17) is 15.2 Å². The van der Waals surface area contributed by atoms with Crippen molar-refractivity contribution in [2.45, 2.75) is 77.8 Å². The number of unbranched alkanes of at least 4 members (excludes halogenated alkanes) is 2. The Labute approximate surface area is 264 Å². The second-order valence-electron chi connectivity index (χ2n) is 10.6. The Hall–Kier alpha value is -4.68. The second-order valence-corrected chi connectivity index (χ2v) is 10.6. The van der Waals surface area contributed by atoms with E-state index >= 15 is 0 Å². The number of aromatic nitrogens is 1. The number of amides is 5. The molecule has 0 saturated heterocycles. The van der Waals surface area contributed by atoms with Gasteiger partial charge in [0.1, 0.15) is 23.5 Å². The minimum absolute atomic E-state index is 0.170. The lowest BCUT2D eigenvalue weighted by atomic mass is 9.97. The molecule has 1 aromatic carbocycles. The van der Waals surface area contributed by atoms with Crippen LogP contribution < -0.4 is 31.7 Å². The topological polar surface area (TPSA) is 191 Å². The van der Waals surface area contributed by atoms with Gasteiger partial charge in [-0.05, 0) is 48.6 Å². The highest BCUT2D eigenvalue weighted by Crippen LogP contribution is 2.15. The summed E-state index contributed by atoms with van der Waals surface area (Å²) < 4.78 is 10.6. The van der Waals surface area contributed by atoms with Gasteiger partial charge in [-0.2, -0.15) is 0 Å². The van der Waals surface area contributed by atoms with E-state index in [9.17, 15) is 24.0 Å². The number of esters is 1. The van der Waals surface area contributed by atoms with E-state index in [1.54, 1.807) is 36.4 Å². The van der Waals surface area contributed by atoms with E-state index in [-0.39, 0.29) is 49.6 Å². The number of nitrogens with one attached hydrogen (secondary N) is 4. The summed E-state index contributed by atoms with van der Waals surface area (Å²) in [7, 11) is 0. The molecule has 0 fully saturated rings. The van der Waals surface area contributed by atoms with Crippen LogP contribution in [0.5, 0.6) is 5.75 Å².